The van der Waals surface area contributed by atoms with Crippen molar-refractivity contribution in [3.63, 3.8) is 0 Å². The van der Waals surface area contributed by atoms with Gasteiger partial charge in [0.15, 0.2) is 0 Å². The lowest BCUT2D eigenvalue weighted by atomic mass is 10.2. The van der Waals surface area contributed by atoms with Gasteiger partial charge in [-0.1, -0.05) is 15.9 Å². The topological polar surface area (TPSA) is 73.9 Å². The fourth-order valence-electron chi connectivity index (χ4n) is 2.88. The number of carbonyl (C=O) groups is 2. The molecule has 4 rings (SSSR count). The lowest BCUT2D eigenvalue weighted by molar-refractivity contribution is -0.129. The summed E-state index contributed by atoms with van der Waals surface area (Å²) in [5, 5.41) is 4.23. The monoisotopic (exact) mass is 341 g/mol. The first kappa shape index (κ1) is 11.3. The third kappa shape index (κ3) is 1.65. The van der Waals surface area contributed by atoms with Crippen molar-refractivity contribution < 1.29 is 15.7 Å². The number of hydrogen-bond acceptors (Lipinski definition) is 5. The minimum atomic E-state index is -0.390. The van der Waals surface area contributed by atoms with Gasteiger partial charge >= 0.3 is 0 Å². The highest BCUT2D eigenvalue weighted by Crippen LogP contribution is 2.30. The summed E-state index contributed by atoms with van der Waals surface area (Å²) >= 11 is 3.28. The van der Waals surface area contributed by atoms with Gasteiger partial charge in [0.1, 0.15) is 17.9 Å². The molecule has 1 fully saturated rings. The average Bonchev–Trinajstić information content (AvgIpc) is 3.13. The molecule has 106 valence electrons. The van der Waals surface area contributed by atoms with E-state index in [-0.39, 0.29) is 24.4 Å². The lowest BCUT2D eigenvalue weighted by Gasteiger charge is -2.26. The Balaban J connectivity index is 1.65. The molecule has 0 aromatic rings. The normalized spacial score (nSPS) is 34.2. The smallest absolute Gasteiger partial charge is 0.274 e. The van der Waals surface area contributed by atoms with Gasteiger partial charge < -0.3 is 15.0 Å². The maximum atomic E-state index is 12.5. The van der Waals surface area contributed by atoms with Gasteiger partial charge in [-0.05, 0) is 12.5 Å². The number of nitrogens with one attached hydrogen (secondary N) is 2. The van der Waals surface area contributed by atoms with E-state index in [0.717, 1.165) is 11.8 Å². The van der Waals surface area contributed by atoms with Crippen LogP contribution in [-0.4, -0.2) is 52.5 Å². The predicted octanol–water partition coefficient (Wildman–Crippen LogP) is -0.616. The molecule has 2 N–H and O–H groups in total. The molecule has 8 heteroatoms. The Kier molecular flexibility index (Phi) is 2.43. The Labute approximate surface area is 125 Å². The summed E-state index contributed by atoms with van der Waals surface area (Å²) in [5.41, 5.74) is 1.80. The van der Waals surface area contributed by atoms with E-state index in [0.29, 0.717) is 30.3 Å². The number of nitrogens with zero attached hydrogens (tertiary/aromatic N) is 2. The Morgan fingerprint density at radius 3 is 3.05 bits per heavy atom. The fourth-order valence-corrected chi connectivity index (χ4v) is 3.31. The fraction of sp³-hybridized carbons (Fsp3) is 0.500. The van der Waals surface area contributed by atoms with Crippen molar-refractivity contribution in [1.82, 2.24) is 20.6 Å². The molecule has 0 aromatic carbocycles. The largest absolute Gasteiger partial charge is 0.379 e. The van der Waals surface area contributed by atoms with Gasteiger partial charge in [0.2, 0.25) is 0 Å². The molecule has 0 aromatic heterocycles. The van der Waals surface area contributed by atoms with Crippen molar-refractivity contribution in [2.24, 2.45) is 0 Å². The number of carbonyl (C=O) groups excluding carboxylic acids is 2. The molecular formula is C12H13BrN4O3. The van der Waals surface area contributed by atoms with E-state index in [1.807, 2.05) is 0 Å². The van der Waals surface area contributed by atoms with Crippen LogP contribution in [0.5, 0.6) is 0 Å². The zero-order valence-corrected chi connectivity index (χ0v) is 12.1. The van der Waals surface area contributed by atoms with Crippen LogP contribution in [0.15, 0.2) is 23.2 Å². The molecule has 4 heterocycles. The standard InChI is InChI=1S/C12H13BrN4O3/c13-8-3-9-14-10-7(11(18)17(9)15-8)4-16(12(10)19)6-1-2-20-5-6/h3,6,8,14-15H,1-2,4-5H2/t6-,8?/m1/s1/i/hD. The Hall–Kier alpha value is -1.38. The van der Waals surface area contributed by atoms with E-state index in [1.54, 1.807) is 11.0 Å². The van der Waals surface area contributed by atoms with Crippen molar-refractivity contribution in [3.05, 3.63) is 23.2 Å². The summed E-state index contributed by atoms with van der Waals surface area (Å²) in [6.45, 7) is 1.43. The van der Waals surface area contributed by atoms with Gasteiger partial charge in [0.05, 0.1) is 24.8 Å². The summed E-state index contributed by atoms with van der Waals surface area (Å²) in [6, 6.07) is 0.0255. The highest BCUT2D eigenvalue weighted by atomic mass is 79.9. The number of rotatable bonds is 1. The predicted molar refractivity (Wildman–Crippen MR) is 71.9 cm³/mol. The number of halogens is 1. The van der Waals surface area contributed by atoms with E-state index in [9.17, 15) is 9.59 Å². The molecule has 2 atom stereocenters. The Morgan fingerprint density at radius 1 is 1.45 bits per heavy atom. The highest BCUT2D eigenvalue weighted by Gasteiger charge is 2.45. The number of amides is 2. The maximum absolute atomic E-state index is 12.5. The molecule has 0 aliphatic carbocycles. The van der Waals surface area contributed by atoms with E-state index >= 15 is 0 Å². The van der Waals surface area contributed by atoms with Crippen LogP contribution in [0.25, 0.3) is 0 Å². The van der Waals surface area contributed by atoms with E-state index < -0.39 is 4.95 Å². The Bertz CT molecular complexity index is 601. The molecule has 0 spiro atoms. The summed E-state index contributed by atoms with van der Waals surface area (Å²) in [4.78, 5) is 26.3. The minimum Gasteiger partial charge on any atom is -0.379 e. The summed E-state index contributed by atoms with van der Waals surface area (Å²) in [7, 11) is 0. The van der Waals surface area contributed by atoms with E-state index in [2.05, 4.69) is 21.2 Å². The number of fused-ring (bicyclic) bond motifs is 1. The first-order valence-corrected chi connectivity index (χ1v) is 7.36. The maximum Gasteiger partial charge on any atom is 0.274 e. The molecule has 0 radical (unpaired) electrons. The quantitative estimate of drug-likeness (QED) is 0.491. The molecule has 0 saturated carbocycles. The minimum absolute atomic E-state index is 0.0255. The van der Waals surface area contributed by atoms with Crippen LogP contribution in [0.2, 0.25) is 1.41 Å². The van der Waals surface area contributed by atoms with Gasteiger partial charge in [-0.3, -0.25) is 9.59 Å². The molecule has 1 saturated heterocycles. The molecule has 4 aliphatic rings. The first-order valence-electron chi connectivity index (χ1n) is 6.90. The summed E-state index contributed by atoms with van der Waals surface area (Å²) in [6.07, 6.45) is 2.48. The molecule has 4 aliphatic heterocycles. The van der Waals surface area contributed by atoms with Crippen molar-refractivity contribution >= 4 is 27.7 Å². The molecule has 7 nitrogen and oxygen atoms in total. The van der Waals surface area contributed by atoms with E-state index in [4.69, 9.17) is 6.15 Å². The number of hydrazine groups is 1. The van der Waals surface area contributed by atoms with Gasteiger partial charge in [-0.25, -0.2) is 10.4 Å². The number of hydrogen-bond donors (Lipinski definition) is 2. The highest BCUT2D eigenvalue weighted by molar-refractivity contribution is 9.09. The molecule has 1 unspecified atom stereocenters. The molecular weight excluding hydrogens is 328 g/mol. The molecule has 20 heavy (non-hydrogen) atoms. The third-order valence-electron chi connectivity index (χ3n) is 3.90. The number of ether oxygens (including phenoxy) is 1. The Morgan fingerprint density at radius 2 is 2.30 bits per heavy atom. The van der Waals surface area contributed by atoms with Crippen LogP contribution in [0, 0.1) is 0 Å². The van der Waals surface area contributed by atoms with Crippen molar-refractivity contribution in [1.29, 1.82) is 0 Å². The third-order valence-corrected chi connectivity index (χ3v) is 4.35. The average molecular weight is 342 g/mol. The van der Waals surface area contributed by atoms with Gasteiger partial charge in [-0.15, -0.1) is 0 Å². The second-order valence-electron chi connectivity index (χ2n) is 5.09. The van der Waals surface area contributed by atoms with Gasteiger partial charge in [-0.2, -0.15) is 0 Å². The first-order chi connectivity index (χ1) is 10.1. The van der Waals surface area contributed by atoms with Gasteiger partial charge in [0.25, 0.3) is 11.8 Å². The van der Waals surface area contributed by atoms with Crippen molar-refractivity contribution in [3.8, 4) is 0 Å². The van der Waals surface area contributed by atoms with Crippen LogP contribution in [-0.2, 0) is 14.3 Å². The van der Waals surface area contributed by atoms with Crippen LogP contribution in [0.4, 0.5) is 0 Å². The van der Waals surface area contributed by atoms with Crippen molar-refractivity contribution in [2.75, 3.05) is 19.8 Å². The van der Waals surface area contributed by atoms with Crippen LogP contribution in [0.3, 0.4) is 0 Å². The van der Waals surface area contributed by atoms with Crippen LogP contribution >= 0.6 is 15.9 Å². The second-order valence-corrected chi connectivity index (χ2v) is 6.02. The number of alkyl halides is 1. The van der Waals surface area contributed by atoms with Crippen LogP contribution < -0.4 is 10.7 Å². The molecule has 2 amide bonds. The van der Waals surface area contributed by atoms with Crippen molar-refractivity contribution in [2.45, 2.75) is 17.4 Å². The molecule has 0 bridgehead atoms. The summed E-state index contributed by atoms with van der Waals surface area (Å²) in [5.74, 6) is -0.0286. The summed E-state index contributed by atoms with van der Waals surface area (Å²) < 4.78 is 13.2. The lowest BCUT2D eigenvalue weighted by Crippen LogP contribution is -2.47. The SMILES string of the molecule is [2H]N1C(Br)C=C2NC3=C(CN([C@@H]4CCOC4)C3=O)C(=O)N21. The zero-order chi connectivity index (χ0) is 14.7. The van der Waals surface area contributed by atoms with E-state index in [1.165, 1.54) is 5.01 Å². The second kappa shape index (κ2) is 4.31. The van der Waals surface area contributed by atoms with Crippen LogP contribution in [0.1, 0.15) is 6.42 Å². The van der Waals surface area contributed by atoms with Gasteiger partial charge in [0, 0.05) is 6.61 Å². The zero-order valence-electron chi connectivity index (χ0n) is 11.5.